The fraction of sp³-hybridized carbons (Fsp3) is 0. The SMILES string of the molecule is O=C(O)c1ccc([O-])c(C=NNC(=O)c2ccc(O)c(O)c2)c1. The third kappa shape index (κ3) is 3.76. The largest absolute Gasteiger partial charge is 0.872 e. The van der Waals surface area contributed by atoms with Gasteiger partial charge in [-0.15, -0.1) is 0 Å². The molecule has 2 rings (SSSR count). The van der Waals surface area contributed by atoms with Crippen LogP contribution in [0.15, 0.2) is 41.5 Å². The Labute approximate surface area is 129 Å². The van der Waals surface area contributed by atoms with Crippen LogP contribution in [0.1, 0.15) is 26.3 Å². The molecule has 0 aromatic heterocycles. The standard InChI is InChI=1S/C15H12N2O6/c18-11-3-2-9(15(22)23)5-10(11)7-16-17-14(21)8-1-4-12(19)13(20)6-8/h1-7,18-20H,(H,17,21)(H,22,23)/p-1. The number of aromatic hydroxyl groups is 2. The molecular weight excluding hydrogens is 304 g/mol. The number of carboxylic acid groups (broad SMARTS) is 1. The molecule has 2 aromatic carbocycles. The molecule has 2 aromatic rings. The second kappa shape index (κ2) is 6.48. The van der Waals surface area contributed by atoms with Crippen LogP contribution >= 0.6 is 0 Å². The summed E-state index contributed by atoms with van der Waals surface area (Å²) in [4.78, 5) is 22.6. The molecule has 0 atom stereocenters. The Hall–Kier alpha value is -3.55. The summed E-state index contributed by atoms with van der Waals surface area (Å²) in [5.74, 6) is -3.15. The quantitative estimate of drug-likeness (QED) is 0.370. The van der Waals surface area contributed by atoms with Gasteiger partial charge in [-0.05, 0) is 35.9 Å². The van der Waals surface area contributed by atoms with Crippen molar-refractivity contribution < 1.29 is 30.0 Å². The molecule has 0 saturated heterocycles. The Morgan fingerprint density at radius 1 is 1.04 bits per heavy atom. The Bertz CT molecular complexity index is 801. The minimum atomic E-state index is -1.19. The topological polar surface area (TPSA) is 142 Å². The van der Waals surface area contributed by atoms with Gasteiger partial charge in [-0.3, -0.25) is 4.79 Å². The summed E-state index contributed by atoms with van der Waals surface area (Å²) in [7, 11) is 0. The van der Waals surface area contributed by atoms with Gasteiger partial charge in [0.15, 0.2) is 11.5 Å². The van der Waals surface area contributed by atoms with E-state index in [0.29, 0.717) is 0 Å². The lowest BCUT2D eigenvalue weighted by atomic mass is 10.1. The zero-order valence-electron chi connectivity index (χ0n) is 11.6. The molecule has 0 radical (unpaired) electrons. The van der Waals surface area contributed by atoms with Crippen molar-refractivity contribution in [1.29, 1.82) is 0 Å². The maximum absolute atomic E-state index is 11.8. The monoisotopic (exact) mass is 315 g/mol. The third-order valence-electron chi connectivity index (χ3n) is 2.86. The summed E-state index contributed by atoms with van der Waals surface area (Å²) in [6.07, 6.45) is 1.02. The van der Waals surface area contributed by atoms with E-state index in [2.05, 4.69) is 10.5 Å². The normalized spacial score (nSPS) is 10.6. The van der Waals surface area contributed by atoms with E-state index in [1.807, 2.05) is 0 Å². The zero-order valence-corrected chi connectivity index (χ0v) is 11.6. The number of carbonyl (C=O) groups is 2. The number of hydrogen-bond acceptors (Lipinski definition) is 6. The number of benzene rings is 2. The van der Waals surface area contributed by atoms with Crippen LogP contribution in [0.25, 0.3) is 0 Å². The molecule has 0 heterocycles. The van der Waals surface area contributed by atoms with Gasteiger partial charge < -0.3 is 20.4 Å². The van der Waals surface area contributed by atoms with Crippen molar-refractivity contribution in [2.75, 3.05) is 0 Å². The molecule has 118 valence electrons. The fourth-order valence-corrected chi connectivity index (χ4v) is 1.67. The summed E-state index contributed by atoms with van der Waals surface area (Å²) < 4.78 is 0. The first-order valence-electron chi connectivity index (χ1n) is 6.28. The zero-order chi connectivity index (χ0) is 17.0. The second-order valence-electron chi connectivity index (χ2n) is 4.46. The van der Waals surface area contributed by atoms with E-state index in [4.69, 9.17) is 10.2 Å². The number of phenols is 2. The van der Waals surface area contributed by atoms with E-state index >= 15 is 0 Å². The van der Waals surface area contributed by atoms with E-state index in [1.165, 1.54) is 12.1 Å². The second-order valence-corrected chi connectivity index (χ2v) is 4.46. The molecular formula is C15H11N2O6-. The lowest BCUT2D eigenvalue weighted by Crippen LogP contribution is -2.17. The summed E-state index contributed by atoms with van der Waals surface area (Å²) in [5.41, 5.74) is 2.08. The van der Waals surface area contributed by atoms with Crippen molar-refractivity contribution in [3.63, 3.8) is 0 Å². The molecule has 0 fully saturated rings. The molecule has 0 bridgehead atoms. The molecule has 8 heteroatoms. The number of nitrogens with one attached hydrogen (secondary N) is 1. The summed E-state index contributed by atoms with van der Waals surface area (Å²) in [6, 6.07) is 6.84. The van der Waals surface area contributed by atoms with E-state index in [1.54, 1.807) is 0 Å². The number of hydrogen-bond donors (Lipinski definition) is 4. The number of nitrogens with zero attached hydrogens (tertiary/aromatic N) is 1. The van der Waals surface area contributed by atoms with Crippen LogP contribution in [0.2, 0.25) is 0 Å². The summed E-state index contributed by atoms with van der Waals surface area (Å²) in [5, 5.41) is 42.4. The molecule has 8 nitrogen and oxygen atoms in total. The van der Waals surface area contributed by atoms with Crippen molar-refractivity contribution in [3.8, 4) is 17.2 Å². The molecule has 0 saturated carbocycles. The molecule has 1 amide bonds. The van der Waals surface area contributed by atoms with Crippen LogP contribution in [-0.4, -0.2) is 33.4 Å². The van der Waals surface area contributed by atoms with Crippen LogP contribution in [0, 0.1) is 0 Å². The van der Waals surface area contributed by atoms with Gasteiger partial charge in [0.1, 0.15) is 0 Å². The van der Waals surface area contributed by atoms with E-state index < -0.39 is 23.4 Å². The Morgan fingerprint density at radius 2 is 1.74 bits per heavy atom. The maximum atomic E-state index is 11.8. The molecule has 0 spiro atoms. The Morgan fingerprint density at radius 3 is 2.39 bits per heavy atom. The van der Waals surface area contributed by atoms with Gasteiger partial charge in [0.25, 0.3) is 5.91 Å². The summed E-state index contributed by atoms with van der Waals surface area (Å²) in [6.45, 7) is 0. The first kappa shape index (κ1) is 15.8. The molecule has 0 unspecified atom stereocenters. The molecule has 4 N–H and O–H groups in total. The number of hydrazone groups is 1. The van der Waals surface area contributed by atoms with Crippen molar-refractivity contribution in [3.05, 3.63) is 53.1 Å². The lowest BCUT2D eigenvalue weighted by Gasteiger charge is -2.10. The lowest BCUT2D eigenvalue weighted by molar-refractivity contribution is -0.268. The van der Waals surface area contributed by atoms with Gasteiger partial charge in [-0.2, -0.15) is 5.10 Å². The van der Waals surface area contributed by atoms with Crippen molar-refractivity contribution >= 4 is 18.1 Å². The predicted molar refractivity (Wildman–Crippen MR) is 77.7 cm³/mol. The number of phenolic OH excluding ortho intramolecular Hbond substituents is 2. The first-order valence-corrected chi connectivity index (χ1v) is 6.28. The minimum Gasteiger partial charge on any atom is -0.872 e. The van der Waals surface area contributed by atoms with Crippen molar-refractivity contribution in [1.82, 2.24) is 5.43 Å². The van der Waals surface area contributed by atoms with Gasteiger partial charge >= 0.3 is 5.97 Å². The average molecular weight is 315 g/mol. The highest BCUT2D eigenvalue weighted by atomic mass is 16.4. The van der Waals surface area contributed by atoms with E-state index in [-0.39, 0.29) is 22.4 Å². The van der Waals surface area contributed by atoms with Crippen LogP contribution in [-0.2, 0) is 0 Å². The first-order chi connectivity index (χ1) is 10.9. The molecule has 23 heavy (non-hydrogen) atoms. The van der Waals surface area contributed by atoms with Crippen molar-refractivity contribution in [2.45, 2.75) is 0 Å². The van der Waals surface area contributed by atoms with E-state index in [9.17, 15) is 19.8 Å². The number of carboxylic acids is 1. The van der Waals surface area contributed by atoms with Crippen molar-refractivity contribution in [2.24, 2.45) is 5.10 Å². The highest BCUT2D eigenvalue weighted by Gasteiger charge is 2.08. The highest BCUT2D eigenvalue weighted by Crippen LogP contribution is 2.24. The van der Waals surface area contributed by atoms with Gasteiger partial charge in [0.2, 0.25) is 0 Å². The maximum Gasteiger partial charge on any atom is 0.335 e. The Kier molecular flexibility index (Phi) is 4.46. The van der Waals surface area contributed by atoms with Gasteiger partial charge in [0.05, 0.1) is 11.8 Å². The van der Waals surface area contributed by atoms with Crippen LogP contribution in [0.4, 0.5) is 0 Å². The molecule has 0 aliphatic carbocycles. The third-order valence-corrected chi connectivity index (χ3v) is 2.86. The van der Waals surface area contributed by atoms with Gasteiger partial charge in [-0.1, -0.05) is 11.8 Å². The van der Waals surface area contributed by atoms with Crippen LogP contribution in [0.5, 0.6) is 17.2 Å². The predicted octanol–water partition coefficient (Wildman–Crippen LogP) is 0.633. The number of carbonyl (C=O) groups excluding carboxylic acids is 1. The van der Waals surface area contributed by atoms with E-state index in [0.717, 1.165) is 30.5 Å². The molecule has 0 aliphatic heterocycles. The smallest absolute Gasteiger partial charge is 0.335 e. The van der Waals surface area contributed by atoms with Crippen LogP contribution in [0.3, 0.4) is 0 Å². The molecule has 0 aliphatic rings. The fourth-order valence-electron chi connectivity index (χ4n) is 1.67. The average Bonchev–Trinajstić information content (AvgIpc) is 2.51. The highest BCUT2D eigenvalue weighted by molar-refractivity contribution is 5.96. The number of amides is 1. The number of rotatable bonds is 4. The van der Waals surface area contributed by atoms with Crippen LogP contribution < -0.4 is 10.5 Å². The summed E-state index contributed by atoms with van der Waals surface area (Å²) >= 11 is 0. The minimum absolute atomic E-state index is 0.00115. The number of aromatic carboxylic acids is 1. The van der Waals surface area contributed by atoms with Gasteiger partial charge in [-0.25, -0.2) is 10.2 Å². The van der Waals surface area contributed by atoms with Gasteiger partial charge in [0, 0.05) is 5.56 Å². The Balaban J connectivity index is 2.12.